The summed E-state index contributed by atoms with van der Waals surface area (Å²) >= 11 is 0. The summed E-state index contributed by atoms with van der Waals surface area (Å²) in [6.07, 6.45) is 4.26. The van der Waals surface area contributed by atoms with Gasteiger partial charge in [-0.15, -0.1) is 0 Å². The second-order valence-corrected chi connectivity index (χ2v) is 6.57. The maximum absolute atomic E-state index is 12.0. The first-order valence-corrected chi connectivity index (χ1v) is 8.00. The number of amides is 2. The van der Waals surface area contributed by atoms with Gasteiger partial charge in [0, 0.05) is 32.1 Å². The van der Waals surface area contributed by atoms with E-state index >= 15 is 0 Å². The molecule has 3 rings (SSSR count). The Morgan fingerprint density at radius 2 is 2.00 bits per heavy atom. The summed E-state index contributed by atoms with van der Waals surface area (Å²) < 4.78 is 5.59. The molecule has 0 radical (unpaired) electrons. The lowest BCUT2D eigenvalue weighted by Gasteiger charge is -2.36. The Bertz CT molecular complexity index is 403. The second kappa shape index (κ2) is 6.32. The van der Waals surface area contributed by atoms with Gasteiger partial charge in [0.15, 0.2) is 0 Å². The van der Waals surface area contributed by atoms with E-state index in [4.69, 9.17) is 4.74 Å². The monoisotopic (exact) mass is 295 g/mol. The van der Waals surface area contributed by atoms with Crippen LogP contribution in [0.25, 0.3) is 0 Å². The molecule has 6 heteroatoms. The van der Waals surface area contributed by atoms with E-state index in [9.17, 15) is 9.59 Å². The topological polar surface area (TPSA) is 61.9 Å². The van der Waals surface area contributed by atoms with Crippen LogP contribution in [0.4, 0.5) is 0 Å². The molecule has 2 aliphatic heterocycles. The van der Waals surface area contributed by atoms with E-state index in [-0.39, 0.29) is 30.4 Å². The van der Waals surface area contributed by atoms with Crippen molar-refractivity contribution >= 4 is 11.8 Å². The van der Waals surface area contributed by atoms with Crippen LogP contribution in [0, 0.1) is 5.92 Å². The second-order valence-electron chi connectivity index (χ2n) is 6.57. The van der Waals surface area contributed by atoms with Crippen LogP contribution in [0.2, 0.25) is 0 Å². The third-order valence-corrected chi connectivity index (χ3v) is 4.69. The van der Waals surface area contributed by atoms with Crippen molar-refractivity contribution in [2.24, 2.45) is 5.92 Å². The molecule has 1 N–H and O–H groups in total. The predicted octanol–water partition coefficient (Wildman–Crippen LogP) is -0.166. The molecule has 0 aromatic heterocycles. The zero-order valence-electron chi connectivity index (χ0n) is 12.7. The van der Waals surface area contributed by atoms with Crippen molar-refractivity contribution in [1.29, 1.82) is 0 Å². The summed E-state index contributed by atoms with van der Waals surface area (Å²) in [7, 11) is 1.83. The summed E-state index contributed by atoms with van der Waals surface area (Å²) in [5.41, 5.74) is 0. The highest BCUT2D eigenvalue weighted by atomic mass is 16.5. The molecule has 1 saturated carbocycles. The van der Waals surface area contributed by atoms with Crippen molar-refractivity contribution in [2.45, 2.75) is 37.8 Å². The number of likely N-dealkylation sites (tertiary alicyclic amines) is 1. The van der Waals surface area contributed by atoms with Gasteiger partial charge < -0.3 is 19.9 Å². The van der Waals surface area contributed by atoms with Crippen LogP contribution >= 0.6 is 0 Å². The molecule has 2 amide bonds. The average molecular weight is 295 g/mol. The van der Waals surface area contributed by atoms with Crippen LogP contribution in [0.5, 0.6) is 0 Å². The van der Waals surface area contributed by atoms with E-state index in [0.29, 0.717) is 12.6 Å². The van der Waals surface area contributed by atoms with E-state index in [0.717, 1.165) is 45.3 Å². The van der Waals surface area contributed by atoms with Gasteiger partial charge in [-0.2, -0.15) is 0 Å². The van der Waals surface area contributed by atoms with Gasteiger partial charge in [0.25, 0.3) is 0 Å². The maximum Gasteiger partial charge on any atom is 0.248 e. The van der Waals surface area contributed by atoms with Crippen LogP contribution in [-0.4, -0.2) is 73.6 Å². The van der Waals surface area contributed by atoms with Gasteiger partial charge in [0.1, 0.15) is 6.61 Å². The first kappa shape index (κ1) is 14.8. The molecule has 1 aliphatic carbocycles. The zero-order valence-corrected chi connectivity index (χ0v) is 12.7. The Morgan fingerprint density at radius 3 is 2.62 bits per heavy atom. The maximum atomic E-state index is 12.0. The van der Waals surface area contributed by atoms with Crippen LogP contribution < -0.4 is 5.32 Å². The summed E-state index contributed by atoms with van der Waals surface area (Å²) in [5.74, 6) is 0.483. The number of carbonyl (C=O) groups excluding carboxylic acids is 2. The van der Waals surface area contributed by atoms with Crippen molar-refractivity contribution in [3.63, 3.8) is 0 Å². The Kier molecular flexibility index (Phi) is 4.45. The first-order chi connectivity index (χ1) is 10.1. The van der Waals surface area contributed by atoms with Gasteiger partial charge in [-0.05, 0) is 38.8 Å². The van der Waals surface area contributed by atoms with Gasteiger partial charge in [-0.1, -0.05) is 0 Å². The fourth-order valence-electron chi connectivity index (χ4n) is 3.08. The minimum absolute atomic E-state index is 0.0571. The molecule has 3 fully saturated rings. The molecule has 2 heterocycles. The van der Waals surface area contributed by atoms with Crippen molar-refractivity contribution < 1.29 is 14.3 Å². The van der Waals surface area contributed by atoms with Gasteiger partial charge in [-0.25, -0.2) is 0 Å². The summed E-state index contributed by atoms with van der Waals surface area (Å²) in [5, 5.41) is 3.10. The molecular formula is C15H25N3O3. The molecule has 0 bridgehead atoms. The largest absolute Gasteiger partial charge is 0.365 e. The van der Waals surface area contributed by atoms with Crippen LogP contribution in [0.1, 0.15) is 25.7 Å². The Labute approximate surface area is 125 Å². The SMILES string of the molecule is CN1CC(CN2CCC(C(=O)NC3CC3)CC2)OCC1=O. The fraction of sp³-hybridized carbons (Fsp3) is 0.867. The van der Waals surface area contributed by atoms with Crippen LogP contribution in [0.3, 0.4) is 0 Å². The normalized spacial score (nSPS) is 28.7. The van der Waals surface area contributed by atoms with Crippen molar-refractivity contribution in [3.05, 3.63) is 0 Å². The summed E-state index contributed by atoms with van der Waals surface area (Å²) in [6.45, 7) is 3.61. The summed E-state index contributed by atoms with van der Waals surface area (Å²) in [6, 6.07) is 0.458. The number of hydrogen-bond acceptors (Lipinski definition) is 4. The number of rotatable bonds is 4. The van der Waals surface area contributed by atoms with Crippen molar-refractivity contribution in [1.82, 2.24) is 15.1 Å². The molecule has 118 valence electrons. The Hall–Kier alpha value is -1.14. The van der Waals surface area contributed by atoms with Crippen LogP contribution in [0.15, 0.2) is 0 Å². The highest BCUT2D eigenvalue weighted by Crippen LogP contribution is 2.23. The van der Waals surface area contributed by atoms with E-state index in [1.54, 1.807) is 4.90 Å². The lowest BCUT2D eigenvalue weighted by atomic mass is 9.95. The first-order valence-electron chi connectivity index (χ1n) is 8.00. The average Bonchev–Trinajstić information content (AvgIpc) is 3.28. The summed E-state index contributed by atoms with van der Waals surface area (Å²) in [4.78, 5) is 27.5. The van der Waals surface area contributed by atoms with Gasteiger partial charge in [-0.3, -0.25) is 9.59 Å². The van der Waals surface area contributed by atoms with Crippen LogP contribution in [-0.2, 0) is 14.3 Å². The number of nitrogens with one attached hydrogen (secondary N) is 1. The molecule has 0 aromatic rings. The molecule has 6 nitrogen and oxygen atoms in total. The molecule has 0 aromatic carbocycles. The Balaban J connectivity index is 1.39. The third kappa shape index (κ3) is 3.95. The number of hydrogen-bond donors (Lipinski definition) is 1. The minimum Gasteiger partial charge on any atom is -0.365 e. The van der Waals surface area contributed by atoms with E-state index in [1.807, 2.05) is 7.05 Å². The number of carbonyl (C=O) groups is 2. The van der Waals surface area contributed by atoms with Crippen molar-refractivity contribution in [2.75, 3.05) is 39.8 Å². The highest BCUT2D eigenvalue weighted by molar-refractivity contribution is 5.79. The van der Waals surface area contributed by atoms with Gasteiger partial charge in [0.2, 0.25) is 11.8 Å². The van der Waals surface area contributed by atoms with Crippen molar-refractivity contribution in [3.8, 4) is 0 Å². The molecule has 0 spiro atoms. The Morgan fingerprint density at radius 1 is 1.29 bits per heavy atom. The van der Waals surface area contributed by atoms with E-state index in [1.165, 1.54) is 0 Å². The number of nitrogens with zero attached hydrogens (tertiary/aromatic N) is 2. The van der Waals surface area contributed by atoms with Gasteiger partial charge in [0.05, 0.1) is 6.10 Å². The van der Waals surface area contributed by atoms with E-state index in [2.05, 4.69) is 10.2 Å². The highest BCUT2D eigenvalue weighted by Gasteiger charge is 2.31. The minimum atomic E-state index is 0.0571. The standard InChI is InChI=1S/C15H25N3O3/c1-17-8-13(21-10-14(17)19)9-18-6-4-11(5-7-18)15(20)16-12-2-3-12/h11-13H,2-10H2,1H3,(H,16,20). The molecular weight excluding hydrogens is 270 g/mol. The smallest absolute Gasteiger partial charge is 0.248 e. The molecule has 1 unspecified atom stereocenters. The zero-order chi connectivity index (χ0) is 14.8. The fourth-order valence-corrected chi connectivity index (χ4v) is 3.08. The quantitative estimate of drug-likeness (QED) is 0.782. The number of piperidine rings is 1. The number of ether oxygens (including phenoxy) is 1. The van der Waals surface area contributed by atoms with E-state index < -0.39 is 0 Å². The molecule has 3 aliphatic rings. The molecule has 21 heavy (non-hydrogen) atoms. The lowest BCUT2D eigenvalue weighted by Crippen LogP contribution is -2.50. The lowest BCUT2D eigenvalue weighted by molar-refractivity contribution is -0.148. The molecule has 1 atom stereocenters. The third-order valence-electron chi connectivity index (χ3n) is 4.69. The number of morpholine rings is 1. The molecule has 2 saturated heterocycles. The number of likely N-dealkylation sites (N-methyl/N-ethyl adjacent to an activating group) is 1. The van der Waals surface area contributed by atoms with Gasteiger partial charge >= 0.3 is 0 Å². The predicted molar refractivity (Wildman–Crippen MR) is 77.7 cm³/mol.